The Labute approximate surface area is 380 Å². The summed E-state index contributed by atoms with van der Waals surface area (Å²) in [5.74, 6) is -0.0663. The summed E-state index contributed by atoms with van der Waals surface area (Å²) in [7, 11) is 0. The lowest BCUT2D eigenvalue weighted by Gasteiger charge is -2.20. The normalized spacial score (nSPS) is 12.7. The summed E-state index contributed by atoms with van der Waals surface area (Å²) in [5.41, 5.74) is 0. The fourth-order valence-corrected chi connectivity index (χ4v) is 8.58. The second-order valence-corrected chi connectivity index (χ2v) is 18.9. The third-order valence-electron chi connectivity index (χ3n) is 12.8. The number of allylic oxidation sites excluding steroid dienone is 1. The van der Waals surface area contributed by atoms with Crippen LogP contribution >= 0.6 is 0 Å². The Balaban J connectivity index is 3.37. The molecule has 0 rings (SSSR count). The minimum Gasteiger partial charge on any atom is -0.466 e. The van der Waals surface area contributed by atoms with Gasteiger partial charge in [0.15, 0.2) is 0 Å². The van der Waals surface area contributed by atoms with Crippen LogP contribution in [0.25, 0.3) is 0 Å². The molecule has 2 unspecified atom stereocenters. The van der Waals surface area contributed by atoms with E-state index in [0.29, 0.717) is 19.4 Å². The first-order valence-corrected chi connectivity index (χ1v) is 27.5. The molecule has 0 aliphatic heterocycles. The van der Waals surface area contributed by atoms with Crippen molar-refractivity contribution in [3.8, 4) is 0 Å². The predicted octanol–water partition coefficient (Wildman–Crippen LogP) is 16.5. The number of nitrogens with one attached hydrogen (secondary N) is 1. The minimum atomic E-state index is -0.844. The number of carbonyl (C=O) groups is 2. The molecular weight excluding hydrogens is 755 g/mol. The Hall–Kier alpha value is -1.40. The van der Waals surface area contributed by atoms with E-state index in [1.807, 2.05) is 6.08 Å². The van der Waals surface area contributed by atoms with Crippen LogP contribution in [0.3, 0.4) is 0 Å². The highest BCUT2D eigenvalue weighted by molar-refractivity contribution is 5.76. The first-order chi connectivity index (χ1) is 30.0. The van der Waals surface area contributed by atoms with Crippen molar-refractivity contribution in [2.24, 2.45) is 0 Å². The molecule has 0 spiro atoms. The molecule has 0 saturated carbocycles. The lowest BCUT2D eigenvalue weighted by Crippen LogP contribution is -2.45. The fourth-order valence-electron chi connectivity index (χ4n) is 8.58. The number of hydrogen-bond donors (Lipinski definition) is 3. The highest BCUT2D eigenvalue weighted by atomic mass is 16.5. The SMILES string of the molecule is CCCCCCCCC/C=C/C(O)C(CO)NC(=O)CCCCCCCCCCCCCCCCCCCOC(=O)CCCCCCCCCCCCCCCCCCCC. The molecule has 0 radical (unpaired) electrons. The van der Waals surface area contributed by atoms with E-state index < -0.39 is 12.1 Å². The van der Waals surface area contributed by atoms with Crippen LogP contribution in [0.1, 0.15) is 303 Å². The van der Waals surface area contributed by atoms with Crippen LogP contribution < -0.4 is 5.32 Å². The van der Waals surface area contributed by atoms with Gasteiger partial charge >= 0.3 is 5.97 Å². The molecule has 0 aromatic heterocycles. The Morgan fingerprint density at radius 1 is 0.443 bits per heavy atom. The van der Waals surface area contributed by atoms with Crippen molar-refractivity contribution >= 4 is 11.9 Å². The van der Waals surface area contributed by atoms with Crippen molar-refractivity contribution < 1.29 is 24.5 Å². The third kappa shape index (κ3) is 47.9. The zero-order chi connectivity index (χ0) is 44.4. The van der Waals surface area contributed by atoms with Gasteiger partial charge in [0, 0.05) is 12.8 Å². The third-order valence-corrected chi connectivity index (χ3v) is 12.8. The maximum absolute atomic E-state index is 12.4. The molecule has 362 valence electrons. The van der Waals surface area contributed by atoms with Gasteiger partial charge in [-0.15, -0.1) is 0 Å². The molecule has 1 amide bonds. The van der Waals surface area contributed by atoms with Crippen LogP contribution in [0.15, 0.2) is 12.2 Å². The van der Waals surface area contributed by atoms with Crippen LogP contribution in [0, 0.1) is 0 Å². The average molecular weight is 862 g/mol. The molecule has 0 saturated heterocycles. The Morgan fingerprint density at radius 2 is 0.754 bits per heavy atom. The molecule has 0 aromatic carbocycles. The summed E-state index contributed by atoms with van der Waals surface area (Å²) in [6, 6.07) is -0.628. The largest absolute Gasteiger partial charge is 0.466 e. The highest BCUT2D eigenvalue weighted by Gasteiger charge is 2.18. The standard InChI is InChI=1S/C55H107NO5/c1-3-5-7-9-11-13-14-15-16-17-20-23-26-29-33-37-41-45-49-55(60)61-50-46-42-38-34-30-27-24-21-18-19-22-25-28-32-36-40-44-48-54(59)56-52(51-57)53(58)47-43-39-35-31-12-10-8-6-4-2/h43,47,52-53,57-58H,3-42,44-46,48-51H2,1-2H3,(H,56,59)/b47-43+. The van der Waals surface area contributed by atoms with Gasteiger partial charge < -0.3 is 20.3 Å². The smallest absolute Gasteiger partial charge is 0.305 e. The summed E-state index contributed by atoms with van der Waals surface area (Å²) < 4.78 is 5.49. The van der Waals surface area contributed by atoms with Crippen molar-refractivity contribution in [1.82, 2.24) is 5.32 Å². The number of ether oxygens (including phenoxy) is 1. The van der Waals surface area contributed by atoms with Gasteiger partial charge in [0.2, 0.25) is 5.91 Å². The highest BCUT2D eigenvalue weighted by Crippen LogP contribution is 2.17. The van der Waals surface area contributed by atoms with E-state index >= 15 is 0 Å². The van der Waals surface area contributed by atoms with Crippen LogP contribution in [-0.4, -0.2) is 47.4 Å². The molecule has 0 aliphatic rings. The molecule has 0 fully saturated rings. The fraction of sp³-hybridized carbons (Fsp3) is 0.927. The molecule has 0 aliphatic carbocycles. The summed E-state index contributed by atoms with van der Waals surface area (Å²) in [4.78, 5) is 24.4. The summed E-state index contributed by atoms with van der Waals surface area (Å²) in [6.07, 6.45) is 59.5. The minimum absolute atomic E-state index is 0.00874. The van der Waals surface area contributed by atoms with Crippen molar-refractivity contribution in [2.45, 2.75) is 315 Å². The molecule has 3 N–H and O–H groups in total. The molecule has 61 heavy (non-hydrogen) atoms. The monoisotopic (exact) mass is 862 g/mol. The van der Waals surface area contributed by atoms with Crippen LogP contribution in [0.4, 0.5) is 0 Å². The van der Waals surface area contributed by atoms with E-state index in [9.17, 15) is 19.8 Å². The number of amides is 1. The van der Waals surface area contributed by atoms with E-state index in [1.165, 1.54) is 238 Å². The van der Waals surface area contributed by atoms with Gasteiger partial charge in [0.05, 0.1) is 25.4 Å². The molecule has 0 heterocycles. The van der Waals surface area contributed by atoms with Gasteiger partial charge in [-0.3, -0.25) is 9.59 Å². The number of carbonyl (C=O) groups excluding carboxylic acids is 2. The molecule has 2 atom stereocenters. The van der Waals surface area contributed by atoms with Gasteiger partial charge in [-0.2, -0.15) is 0 Å². The second kappa shape index (κ2) is 51.2. The number of hydrogen-bond acceptors (Lipinski definition) is 5. The quantitative estimate of drug-likeness (QED) is 0.0322. The maximum Gasteiger partial charge on any atom is 0.305 e. The topological polar surface area (TPSA) is 95.9 Å². The average Bonchev–Trinajstić information content (AvgIpc) is 3.26. The number of rotatable bonds is 51. The van der Waals surface area contributed by atoms with E-state index in [-0.39, 0.29) is 18.5 Å². The lowest BCUT2D eigenvalue weighted by atomic mass is 10.0. The second-order valence-electron chi connectivity index (χ2n) is 18.9. The first-order valence-electron chi connectivity index (χ1n) is 27.5. The molecule has 0 bridgehead atoms. The Morgan fingerprint density at radius 3 is 1.11 bits per heavy atom. The number of aliphatic hydroxyl groups excluding tert-OH is 2. The predicted molar refractivity (Wildman–Crippen MR) is 264 cm³/mol. The first kappa shape index (κ1) is 59.6. The van der Waals surface area contributed by atoms with Crippen LogP contribution in [0.5, 0.6) is 0 Å². The summed E-state index contributed by atoms with van der Waals surface area (Å²) in [5, 5.41) is 22.9. The zero-order valence-electron chi connectivity index (χ0n) is 41.2. The van der Waals surface area contributed by atoms with Gasteiger partial charge in [-0.1, -0.05) is 270 Å². The number of esters is 1. The van der Waals surface area contributed by atoms with E-state index in [4.69, 9.17) is 4.74 Å². The van der Waals surface area contributed by atoms with E-state index in [2.05, 4.69) is 19.2 Å². The maximum atomic E-state index is 12.4. The van der Waals surface area contributed by atoms with Crippen molar-refractivity contribution in [3.63, 3.8) is 0 Å². The van der Waals surface area contributed by atoms with Gasteiger partial charge in [-0.25, -0.2) is 0 Å². The molecule has 0 aromatic rings. The molecule has 6 heteroatoms. The zero-order valence-corrected chi connectivity index (χ0v) is 41.2. The van der Waals surface area contributed by atoms with Crippen molar-refractivity contribution in [1.29, 1.82) is 0 Å². The van der Waals surface area contributed by atoms with Crippen molar-refractivity contribution in [3.05, 3.63) is 12.2 Å². The van der Waals surface area contributed by atoms with E-state index in [0.717, 1.165) is 38.5 Å². The number of unbranched alkanes of at least 4 members (excludes halogenated alkanes) is 40. The number of aliphatic hydroxyl groups is 2. The van der Waals surface area contributed by atoms with Gasteiger partial charge in [-0.05, 0) is 32.1 Å². The van der Waals surface area contributed by atoms with E-state index in [1.54, 1.807) is 6.08 Å². The summed E-state index contributed by atoms with van der Waals surface area (Å²) in [6.45, 7) is 4.88. The van der Waals surface area contributed by atoms with Gasteiger partial charge in [0.1, 0.15) is 0 Å². The molecule has 6 nitrogen and oxygen atoms in total. The van der Waals surface area contributed by atoms with Crippen LogP contribution in [0.2, 0.25) is 0 Å². The van der Waals surface area contributed by atoms with Crippen LogP contribution in [-0.2, 0) is 14.3 Å². The molecular formula is C55H107NO5. The Kier molecular flexibility index (Phi) is 50.1. The Bertz CT molecular complexity index is 909. The summed E-state index contributed by atoms with van der Waals surface area (Å²) >= 11 is 0. The van der Waals surface area contributed by atoms with Crippen molar-refractivity contribution in [2.75, 3.05) is 13.2 Å². The lowest BCUT2D eigenvalue weighted by molar-refractivity contribution is -0.143. The van der Waals surface area contributed by atoms with Gasteiger partial charge in [0.25, 0.3) is 0 Å².